The van der Waals surface area contributed by atoms with Crippen LogP contribution in [0.2, 0.25) is 0 Å². The van der Waals surface area contributed by atoms with E-state index in [9.17, 15) is 9.18 Å². The van der Waals surface area contributed by atoms with Gasteiger partial charge in [-0.1, -0.05) is 17.9 Å². The van der Waals surface area contributed by atoms with Crippen molar-refractivity contribution >= 4 is 5.97 Å². The van der Waals surface area contributed by atoms with E-state index in [1.54, 1.807) is 0 Å². The average Bonchev–Trinajstić information content (AvgIpc) is 2.14. The highest BCUT2D eigenvalue weighted by Gasteiger charge is 2.13. The van der Waals surface area contributed by atoms with Gasteiger partial charge in [0.1, 0.15) is 11.4 Å². The number of aromatic carboxylic acids is 1. The highest BCUT2D eigenvalue weighted by molar-refractivity contribution is 5.91. The van der Waals surface area contributed by atoms with Gasteiger partial charge in [0.05, 0.1) is 6.54 Å². The molecule has 4 heteroatoms. The first-order chi connectivity index (χ1) is 6.66. The number of benzene rings is 1. The smallest absolute Gasteiger partial charge is 0.339 e. The maximum atomic E-state index is 13.0. The monoisotopic (exact) mass is 193 g/mol. The average molecular weight is 193 g/mol. The number of halogens is 1. The number of nitrogens with two attached hydrogens (primary N) is 1. The van der Waals surface area contributed by atoms with Gasteiger partial charge in [-0.05, 0) is 12.1 Å². The predicted octanol–water partition coefficient (Wildman–Crippen LogP) is 0.834. The zero-order valence-corrected chi connectivity index (χ0v) is 7.25. The molecular weight excluding hydrogens is 185 g/mol. The fourth-order valence-electron chi connectivity index (χ4n) is 0.992. The van der Waals surface area contributed by atoms with Gasteiger partial charge in [-0.25, -0.2) is 9.18 Å². The van der Waals surface area contributed by atoms with Gasteiger partial charge < -0.3 is 10.8 Å². The summed E-state index contributed by atoms with van der Waals surface area (Å²) in [4.78, 5) is 10.7. The topological polar surface area (TPSA) is 63.3 Å². The van der Waals surface area contributed by atoms with Crippen molar-refractivity contribution in [1.82, 2.24) is 0 Å². The molecule has 0 atom stereocenters. The Morgan fingerprint density at radius 3 is 2.86 bits per heavy atom. The van der Waals surface area contributed by atoms with E-state index in [1.807, 2.05) is 0 Å². The van der Waals surface area contributed by atoms with Crippen LogP contribution in [0.4, 0.5) is 4.39 Å². The van der Waals surface area contributed by atoms with Crippen molar-refractivity contribution in [2.24, 2.45) is 5.73 Å². The molecular formula is C10H8FNO2. The van der Waals surface area contributed by atoms with Gasteiger partial charge in [-0.2, -0.15) is 0 Å². The Hall–Kier alpha value is -1.86. The van der Waals surface area contributed by atoms with E-state index in [1.165, 1.54) is 12.1 Å². The molecule has 0 unspecified atom stereocenters. The van der Waals surface area contributed by atoms with Crippen LogP contribution in [0.5, 0.6) is 0 Å². The summed E-state index contributed by atoms with van der Waals surface area (Å²) >= 11 is 0. The van der Waals surface area contributed by atoms with Crippen LogP contribution in [0.15, 0.2) is 18.2 Å². The maximum Gasteiger partial charge on any atom is 0.339 e. The lowest BCUT2D eigenvalue weighted by Crippen LogP contribution is -2.04. The Kier molecular flexibility index (Phi) is 3.21. The lowest BCUT2D eigenvalue weighted by Gasteiger charge is -1.99. The fraction of sp³-hybridized carbons (Fsp3) is 0.100. The molecule has 0 radical (unpaired) electrons. The second kappa shape index (κ2) is 4.40. The number of carboxylic acids is 1. The molecule has 3 nitrogen and oxygen atoms in total. The second-order valence-electron chi connectivity index (χ2n) is 2.47. The summed E-state index contributed by atoms with van der Waals surface area (Å²) in [5, 5.41) is 8.71. The van der Waals surface area contributed by atoms with Crippen LogP contribution in [0.3, 0.4) is 0 Å². The van der Waals surface area contributed by atoms with Crippen molar-refractivity contribution in [3.63, 3.8) is 0 Å². The molecule has 14 heavy (non-hydrogen) atoms. The molecule has 0 aliphatic heterocycles. The number of rotatable bonds is 1. The first-order valence-corrected chi connectivity index (χ1v) is 3.87. The van der Waals surface area contributed by atoms with Gasteiger partial charge in [0, 0.05) is 5.56 Å². The maximum absolute atomic E-state index is 13.0. The molecule has 0 saturated heterocycles. The molecule has 1 rings (SSSR count). The van der Waals surface area contributed by atoms with Crippen LogP contribution >= 0.6 is 0 Å². The Balaban J connectivity index is 3.28. The minimum absolute atomic E-state index is 0.107. The van der Waals surface area contributed by atoms with Gasteiger partial charge >= 0.3 is 5.97 Å². The second-order valence-corrected chi connectivity index (χ2v) is 2.47. The van der Waals surface area contributed by atoms with Crippen molar-refractivity contribution in [2.75, 3.05) is 6.54 Å². The van der Waals surface area contributed by atoms with E-state index in [-0.39, 0.29) is 12.1 Å². The summed E-state index contributed by atoms with van der Waals surface area (Å²) in [6, 6.07) is 3.93. The largest absolute Gasteiger partial charge is 0.478 e. The molecule has 0 fully saturated rings. The highest BCUT2D eigenvalue weighted by Crippen LogP contribution is 2.12. The summed E-state index contributed by atoms with van der Waals surface area (Å²) in [6.07, 6.45) is 0. The third-order valence-electron chi connectivity index (χ3n) is 1.55. The molecule has 0 aliphatic carbocycles. The number of hydrogen-bond donors (Lipinski definition) is 2. The highest BCUT2D eigenvalue weighted by atomic mass is 19.1. The Bertz CT molecular complexity index is 418. The predicted molar refractivity (Wildman–Crippen MR) is 49.3 cm³/mol. The molecule has 0 heterocycles. The van der Waals surface area contributed by atoms with E-state index in [4.69, 9.17) is 10.8 Å². The lowest BCUT2D eigenvalue weighted by molar-refractivity contribution is 0.0691. The van der Waals surface area contributed by atoms with Crippen molar-refractivity contribution in [2.45, 2.75) is 0 Å². The summed E-state index contributed by atoms with van der Waals surface area (Å²) in [5.41, 5.74) is 4.86. The number of carbonyl (C=O) groups is 1. The van der Waals surface area contributed by atoms with Gasteiger partial charge in [-0.3, -0.25) is 0 Å². The van der Waals surface area contributed by atoms with Crippen LogP contribution in [-0.4, -0.2) is 17.6 Å². The molecule has 0 spiro atoms. The van der Waals surface area contributed by atoms with Gasteiger partial charge in [-0.15, -0.1) is 0 Å². The number of hydrogen-bond acceptors (Lipinski definition) is 2. The summed E-state index contributed by atoms with van der Waals surface area (Å²) in [7, 11) is 0. The first kappa shape index (κ1) is 10.2. The Morgan fingerprint density at radius 1 is 1.57 bits per heavy atom. The fourth-order valence-corrected chi connectivity index (χ4v) is 0.992. The minimum atomic E-state index is -1.33. The third kappa shape index (κ3) is 2.09. The minimum Gasteiger partial charge on any atom is -0.478 e. The van der Waals surface area contributed by atoms with E-state index in [0.717, 1.165) is 6.07 Å². The molecule has 0 aromatic heterocycles. The summed E-state index contributed by atoms with van der Waals surface area (Å²) < 4.78 is 13.0. The molecule has 0 aliphatic rings. The summed E-state index contributed by atoms with van der Waals surface area (Å²) in [6.45, 7) is 0.107. The molecule has 0 saturated carbocycles. The van der Waals surface area contributed by atoms with Gasteiger partial charge in [0.15, 0.2) is 0 Å². The van der Waals surface area contributed by atoms with E-state index in [2.05, 4.69) is 11.8 Å². The summed E-state index contributed by atoms with van der Waals surface area (Å²) in [5.74, 6) is 2.85. The van der Waals surface area contributed by atoms with E-state index >= 15 is 0 Å². The first-order valence-electron chi connectivity index (χ1n) is 3.87. The van der Waals surface area contributed by atoms with E-state index < -0.39 is 17.3 Å². The molecule has 0 amide bonds. The standard InChI is InChI=1S/C10H8FNO2/c11-8-5-1-3-7(4-2-6-12)9(8)10(13)14/h1,3,5H,6,12H2,(H,13,14). The number of carboxylic acid groups (broad SMARTS) is 1. The Labute approximate surface area is 80.4 Å². The molecule has 72 valence electrons. The Morgan fingerprint density at radius 2 is 2.29 bits per heavy atom. The van der Waals surface area contributed by atoms with Crippen LogP contribution in [0.1, 0.15) is 15.9 Å². The third-order valence-corrected chi connectivity index (χ3v) is 1.55. The van der Waals surface area contributed by atoms with Crippen molar-refractivity contribution in [3.05, 3.63) is 35.1 Å². The molecule has 1 aromatic rings. The van der Waals surface area contributed by atoms with Crippen LogP contribution < -0.4 is 5.73 Å². The van der Waals surface area contributed by atoms with Gasteiger partial charge in [0.25, 0.3) is 0 Å². The van der Waals surface area contributed by atoms with Crippen LogP contribution in [0, 0.1) is 17.7 Å². The molecule has 1 aromatic carbocycles. The van der Waals surface area contributed by atoms with Crippen molar-refractivity contribution < 1.29 is 14.3 Å². The molecule has 0 bridgehead atoms. The zero-order valence-electron chi connectivity index (χ0n) is 7.25. The lowest BCUT2D eigenvalue weighted by atomic mass is 10.1. The zero-order chi connectivity index (χ0) is 10.6. The SMILES string of the molecule is NCC#Cc1cccc(F)c1C(=O)O. The van der Waals surface area contributed by atoms with Crippen LogP contribution in [-0.2, 0) is 0 Å². The van der Waals surface area contributed by atoms with Gasteiger partial charge in [0.2, 0.25) is 0 Å². The van der Waals surface area contributed by atoms with Crippen molar-refractivity contribution in [3.8, 4) is 11.8 Å². The van der Waals surface area contributed by atoms with Crippen molar-refractivity contribution in [1.29, 1.82) is 0 Å². The van der Waals surface area contributed by atoms with E-state index in [0.29, 0.717) is 0 Å². The quantitative estimate of drug-likeness (QED) is 0.649. The van der Waals surface area contributed by atoms with Crippen LogP contribution in [0.25, 0.3) is 0 Å². The molecule has 3 N–H and O–H groups in total. The normalized spacial score (nSPS) is 9.00.